The monoisotopic (exact) mass is 398 g/mol. The largest absolute Gasteiger partial charge is 0.309 e. The summed E-state index contributed by atoms with van der Waals surface area (Å²) in [5.74, 6) is 0. The van der Waals surface area contributed by atoms with Crippen molar-refractivity contribution in [3.63, 3.8) is 0 Å². The highest BCUT2D eigenvalue weighted by Crippen LogP contribution is 2.32. The minimum atomic E-state index is 0.974. The molecule has 0 radical (unpaired) electrons. The van der Waals surface area contributed by atoms with Crippen LogP contribution in [0.1, 0.15) is 0 Å². The van der Waals surface area contributed by atoms with E-state index >= 15 is 0 Å². The minimum absolute atomic E-state index is 0.974. The maximum Gasteiger partial charge on any atom is 0.0702 e. The van der Waals surface area contributed by atoms with Crippen molar-refractivity contribution in [3.8, 4) is 16.9 Å². The Morgan fingerprint density at radius 3 is 1.85 bits per heavy atom. The summed E-state index contributed by atoms with van der Waals surface area (Å²) in [5, 5.41) is 2.56. The first kappa shape index (κ1) is 15.4. The quantitative estimate of drug-likeness (QED) is 0.327. The summed E-state index contributed by atoms with van der Waals surface area (Å²) in [5.41, 5.74) is 5.69. The molecule has 3 aromatic carbocycles. The highest BCUT2D eigenvalue weighted by atomic mass is 79.9. The van der Waals surface area contributed by atoms with Crippen molar-refractivity contribution in [2.75, 3.05) is 0 Å². The third kappa shape index (κ3) is 2.44. The van der Waals surface area contributed by atoms with Crippen molar-refractivity contribution < 1.29 is 0 Å². The number of nitrogens with zero attached hydrogens (tertiary/aromatic N) is 2. The Bertz CT molecular complexity index is 1170. The molecular formula is C23H15BrN2. The van der Waals surface area contributed by atoms with Crippen molar-refractivity contribution >= 4 is 37.7 Å². The zero-order valence-electron chi connectivity index (χ0n) is 13.9. The Morgan fingerprint density at radius 2 is 1.27 bits per heavy atom. The topological polar surface area (TPSA) is 17.8 Å². The van der Waals surface area contributed by atoms with Gasteiger partial charge in [0.05, 0.1) is 16.7 Å². The number of para-hydroxylation sites is 2. The van der Waals surface area contributed by atoms with Crippen LogP contribution in [0.4, 0.5) is 0 Å². The van der Waals surface area contributed by atoms with Gasteiger partial charge in [-0.05, 0) is 52.3 Å². The van der Waals surface area contributed by atoms with Crippen LogP contribution in [0.5, 0.6) is 0 Å². The molecule has 0 atom stereocenters. The number of rotatable bonds is 2. The number of hydrogen-bond acceptors (Lipinski definition) is 1. The number of aromatic nitrogens is 2. The molecular weight excluding hydrogens is 384 g/mol. The number of fused-ring (bicyclic) bond motifs is 3. The summed E-state index contributed by atoms with van der Waals surface area (Å²) in [6.45, 7) is 0. The summed E-state index contributed by atoms with van der Waals surface area (Å²) in [4.78, 5) is 4.49. The van der Waals surface area contributed by atoms with Crippen LogP contribution in [0, 0.1) is 0 Å². The van der Waals surface area contributed by atoms with E-state index in [1.54, 1.807) is 0 Å². The van der Waals surface area contributed by atoms with Gasteiger partial charge in [0.1, 0.15) is 0 Å². The molecule has 0 amide bonds. The fourth-order valence-electron chi connectivity index (χ4n) is 3.53. The van der Waals surface area contributed by atoms with Crippen LogP contribution >= 0.6 is 15.9 Å². The molecule has 5 aromatic rings. The lowest BCUT2D eigenvalue weighted by Crippen LogP contribution is -1.93. The zero-order chi connectivity index (χ0) is 17.5. The molecule has 2 aromatic heterocycles. The lowest BCUT2D eigenvalue weighted by atomic mass is 10.1. The van der Waals surface area contributed by atoms with Gasteiger partial charge in [0.25, 0.3) is 0 Å². The predicted molar refractivity (Wildman–Crippen MR) is 112 cm³/mol. The summed E-state index contributed by atoms with van der Waals surface area (Å²) < 4.78 is 3.31. The van der Waals surface area contributed by atoms with E-state index in [2.05, 4.69) is 98.3 Å². The SMILES string of the molecule is Brc1ccc(-c2ccc(-n3c4ccccc4c4ccccc43)cc2)nc1. The van der Waals surface area contributed by atoms with Crippen molar-refractivity contribution in [1.82, 2.24) is 9.55 Å². The normalized spacial score (nSPS) is 11.3. The Balaban J connectivity index is 1.69. The van der Waals surface area contributed by atoms with Gasteiger partial charge in [-0.25, -0.2) is 0 Å². The van der Waals surface area contributed by atoms with Crippen molar-refractivity contribution in [1.29, 1.82) is 0 Å². The third-order valence-corrected chi connectivity index (χ3v) is 5.20. The molecule has 0 bridgehead atoms. The van der Waals surface area contributed by atoms with Crippen LogP contribution in [0.2, 0.25) is 0 Å². The molecule has 26 heavy (non-hydrogen) atoms. The Labute approximate surface area is 159 Å². The van der Waals surface area contributed by atoms with Gasteiger partial charge in [-0.2, -0.15) is 0 Å². The fourth-order valence-corrected chi connectivity index (χ4v) is 3.76. The Hall–Kier alpha value is -2.91. The second-order valence-electron chi connectivity index (χ2n) is 6.28. The van der Waals surface area contributed by atoms with Gasteiger partial charge < -0.3 is 4.57 Å². The second-order valence-corrected chi connectivity index (χ2v) is 7.19. The van der Waals surface area contributed by atoms with Crippen LogP contribution in [0.15, 0.2) is 95.6 Å². The number of pyridine rings is 1. The summed E-state index contributed by atoms with van der Waals surface area (Å²) in [6, 6.07) is 29.8. The van der Waals surface area contributed by atoms with Crippen molar-refractivity contribution in [2.24, 2.45) is 0 Å². The van der Waals surface area contributed by atoms with Crippen molar-refractivity contribution in [2.45, 2.75) is 0 Å². The maximum atomic E-state index is 4.49. The molecule has 0 spiro atoms. The van der Waals surface area contributed by atoms with Crippen LogP contribution in [-0.2, 0) is 0 Å². The molecule has 0 unspecified atom stereocenters. The zero-order valence-corrected chi connectivity index (χ0v) is 15.5. The van der Waals surface area contributed by atoms with Gasteiger partial charge in [-0.1, -0.05) is 48.5 Å². The number of benzene rings is 3. The highest BCUT2D eigenvalue weighted by Gasteiger charge is 2.11. The van der Waals surface area contributed by atoms with Gasteiger partial charge in [0.15, 0.2) is 0 Å². The first-order valence-electron chi connectivity index (χ1n) is 8.52. The standard InChI is InChI=1S/C23H15BrN2/c24-17-11-14-21(25-15-17)16-9-12-18(13-10-16)26-22-7-3-1-5-19(22)20-6-2-4-8-23(20)26/h1-15H. The van der Waals surface area contributed by atoms with Gasteiger partial charge in [-0.15, -0.1) is 0 Å². The maximum absolute atomic E-state index is 4.49. The lowest BCUT2D eigenvalue weighted by molar-refractivity contribution is 1.18. The lowest BCUT2D eigenvalue weighted by Gasteiger charge is -2.09. The van der Waals surface area contributed by atoms with E-state index in [1.165, 1.54) is 21.8 Å². The van der Waals surface area contributed by atoms with E-state index in [1.807, 2.05) is 18.3 Å². The molecule has 2 nitrogen and oxygen atoms in total. The molecule has 2 heterocycles. The molecule has 0 N–H and O–H groups in total. The Morgan fingerprint density at radius 1 is 0.654 bits per heavy atom. The Kier molecular flexibility index (Phi) is 3.61. The van der Waals surface area contributed by atoms with E-state index in [4.69, 9.17) is 0 Å². The molecule has 3 heteroatoms. The predicted octanol–water partition coefficient (Wildman–Crippen LogP) is 6.61. The molecule has 0 saturated heterocycles. The van der Waals surface area contributed by atoms with E-state index in [0.717, 1.165) is 21.4 Å². The molecule has 5 rings (SSSR count). The van der Waals surface area contributed by atoms with Gasteiger partial charge in [-0.3, -0.25) is 4.98 Å². The first-order valence-corrected chi connectivity index (χ1v) is 9.31. The first-order chi connectivity index (χ1) is 12.8. The van der Waals surface area contributed by atoms with E-state index < -0.39 is 0 Å². The molecule has 0 aliphatic heterocycles. The third-order valence-electron chi connectivity index (χ3n) is 4.73. The molecule has 0 saturated carbocycles. The number of halogens is 1. The van der Waals surface area contributed by atoms with E-state index in [0.29, 0.717) is 0 Å². The number of hydrogen-bond donors (Lipinski definition) is 0. The summed E-state index contributed by atoms with van der Waals surface area (Å²) in [7, 11) is 0. The van der Waals surface area contributed by atoms with E-state index in [-0.39, 0.29) is 0 Å². The van der Waals surface area contributed by atoms with Crippen molar-refractivity contribution in [3.05, 3.63) is 95.6 Å². The molecule has 0 aliphatic carbocycles. The summed E-state index contributed by atoms with van der Waals surface area (Å²) >= 11 is 3.44. The van der Waals surface area contributed by atoms with Gasteiger partial charge in [0, 0.05) is 32.7 Å². The molecule has 124 valence electrons. The van der Waals surface area contributed by atoms with Gasteiger partial charge >= 0.3 is 0 Å². The van der Waals surface area contributed by atoms with E-state index in [9.17, 15) is 0 Å². The van der Waals surface area contributed by atoms with Crippen LogP contribution < -0.4 is 0 Å². The summed E-state index contributed by atoms with van der Waals surface area (Å²) in [6.07, 6.45) is 1.83. The van der Waals surface area contributed by atoms with Crippen LogP contribution in [0.25, 0.3) is 38.8 Å². The average molecular weight is 399 g/mol. The van der Waals surface area contributed by atoms with Gasteiger partial charge in [0.2, 0.25) is 0 Å². The fraction of sp³-hybridized carbons (Fsp3) is 0. The molecule has 0 aliphatic rings. The second kappa shape index (κ2) is 6.11. The highest BCUT2D eigenvalue weighted by molar-refractivity contribution is 9.10. The average Bonchev–Trinajstić information content (AvgIpc) is 3.03. The van der Waals surface area contributed by atoms with Crippen LogP contribution in [0.3, 0.4) is 0 Å². The van der Waals surface area contributed by atoms with Crippen LogP contribution in [-0.4, -0.2) is 9.55 Å². The minimum Gasteiger partial charge on any atom is -0.309 e. The smallest absolute Gasteiger partial charge is 0.0702 e. The molecule has 0 fully saturated rings.